The van der Waals surface area contributed by atoms with Gasteiger partial charge < -0.3 is 10.5 Å². The topological polar surface area (TPSA) is 87.2 Å². The lowest BCUT2D eigenvalue weighted by Crippen LogP contribution is -2.29. The van der Waals surface area contributed by atoms with Gasteiger partial charge in [-0.2, -0.15) is 5.10 Å². The summed E-state index contributed by atoms with van der Waals surface area (Å²) in [6.07, 6.45) is 2.75. The molecule has 1 atom stereocenters. The smallest absolute Gasteiger partial charge is 0.331 e. The van der Waals surface area contributed by atoms with E-state index in [-0.39, 0.29) is 5.56 Å². The number of nitrogens with two attached hydrogens (primary N) is 1. The lowest BCUT2D eigenvalue weighted by molar-refractivity contribution is -0.158. The van der Waals surface area contributed by atoms with Crippen molar-refractivity contribution in [3.05, 3.63) is 18.0 Å². The Balaban J connectivity index is 2.78. The van der Waals surface area contributed by atoms with Gasteiger partial charge in [-0.15, -0.1) is 0 Å². The number of hydrogen-bond donors (Lipinski definition) is 1. The average Bonchev–Trinajstić information content (AvgIpc) is 2.62. The van der Waals surface area contributed by atoms with Crippen molar-refractivity contribution in [2.75, 3.05) is 0 Å². The molecule has 6 nitrogen and oxygen atoms in total. The number of nitrogens with zero attached hydrogens (tertiary/aromatic N) is 2. The number of carbonyl (C=O) groups excluding carboxylic acids is 2. The molecule has 0 spiro atoms. The molecule has 0 fully saturated rings. The predicted octanol–water partition coefficient (Wildman–Crippen LogP) is 0.885. The van der Waals surface area contributed by atoms with Gasteiger partial charge in [0.2, 0.25) is 0 Å². The third-order valence-corrected chi connectivity index (χ3v) is 2.03. The van der Waals surface area contributed by atoms with E-state index in [4.69, 9.17) is 10.5 Å². The van der Waals surface area contributed by atoms with Crippen LogP contribution >= 0.6 is 0 Å². The predicted molar refractivity (Wildman–Crippen MR) is 61.3 cm³/mol. The number of aromatic nitrogens is 2. The molecule has 0 bridgehead atoms. The fourth-order valence-electron chi connectivity index (χ4n) is 1.17. The minimum absolute atomic E-state index is 0.264. The third-order valence-electron chi connectivity index (χ3n) is 2.03. The van der Waals surface area contributed by atoms with Crippen molar-refractivity contribution in [1.29, 1.82) is 0 Å². The van der Waals surface area contributed by atoms with Gasteiger partial charge in [-0.3, -0.25) is 9.48 Å². The van der Waals surface area contributed by atoms with Gasteiger partial charge in [-0.25, -0.2) is 4.79 Å². The van der Waals surface area contributed by atoms with E-state index in [0.29, 0.717) is 0 Å². The van der Waals surface area contributed by atoms with E-state index in [9.17, 15) is 9.59 Å². The largest absolute Gasteiger partial charge is 0.458 e. The van der Waals surface area contributed by atoms with Crippen LogP contribution < -0.4 is 5.73 Å². The van der Waals surface area contributed by atoms with Crippen LogP contribution in [0.3, 0.4) is 0 Å². The molecule has 1 heterocycles. The molecule has 1 aromatic heterocycles. The van der Waals surface area contributed by atoms with Crippen LogP contribution in [-0.4, -0.2) is 27.3 Å². The Morgan fingerprint density at radius 2 is 2.06 bits per heavy atom. The zero-order valence-corrected chi connectivity index (χ0v) is 10.4. The molecular weight excluding hydrogens is 222 g/mol. The average molecular weight is 239 g/mol. The standard InChI is InChI=1S/C11H17N3O3/c1-7(10(16)17-11(2,3)4)14-6-8(5-13-14)9(12)15/h5-7H,1-4H3,(H2,12,15). The van der Waals surface area contributed by atoms with Gasteiger partial charge in [-0.05, 0) is 27.7 Å². The van der Waals surface area contributed by atoms with Crippen LogP contribution in [0, 0.1) is 0 Å². The fraction of sp³-hybridized carbons (Fsp3) is 0.545. The minimum atomic E-state index is -0.595. The Morgan fingerprint density at radius 3 is 2.47 bits per heavy atom. The molecule has 1 aromatic rings. The van der Waals surface area contributed by atoms with E-state index >= 15 is 0 Å². The summed E-state index contributed by atoms with van der Waals surface area (Å²) in [5, 5.41) is 3.90. The summed E-state index contributed by atoms with van der Waals surface area (Å²) in [7, 11) is 0. The summed E-state index contributed by atoms with van der Waals surface area (Å²) in [6, 6.07) is -0.595. The Bertz CT molecular complexity index is 431. The minimum Gasteiger partial charge on any atom is -0.458 e. The molecule has 0 aromatic carbocycles. The highest BCUT2D eigenvalue weighted by Crippen LogP contribution is 2.14. The lowest BCUT2D eigenvalue weighted by atomic mass is 10.2. The zero-order valence-electron chi connectivity index (χ0n) is 10.4. The molecule has 0 radical (unpaired) electrons. The van der Waals surface area contributed by atoms with E-state index in [0.717, 1.165) is 0 Å². The molecule has 6 heteroatoms. The summed E-state index contributed by atoms with van der Waals surface area (Å²) >= 11 is 0. The number of rotatable bonds is 3. The van der Waals surface area contributed by atoms with Gasteiger partial charge in [0.15, 0.2) is 0 Å². The molecule has 1 unspecified atom stereocenters. The van der Waals surface area contributed by atoms with E-state index in [2.05, 4.69) is 5.10 Å². The van der Waals surface area contributed by atoms with E-state index < -0.39 is 23.5 Å². The second-order valence-corrected chi connectivity index (χ2v) is 4.78. The highest BCUT2D eigenvalue weighted by Gasteiger charge is 2.23. The molecule has 17 heavy (non-hydrogen) atoms. The van der Waals surface area contributed by atoms with Crippen LogP contribution in [0.1, 0.15) is 44.1 Å². The maximum Gasteiger partial charge on any atom is 0.331 e. The van der Waals surface area contributed by atoms with Gasteiger partial charge in [0.05, 0.1) is 11.8 Å². The Morgan fingerprint density at radius 1 is 1.47 bits per heavy atom. The monoisotopic (exact) mass is 239 g/mol. The summed E-state index contributed by atoms with van der Waals surface area (Å²) < 4.78 is 6.56. The van der Waals surface area contributed by atoms with E-state index in [1.165, 1.54) is 17.1 Å². The highest BCUT2D eigenvalue weighted by atomic mass is 16.6. The van der Waals surface area contributed by atoms with Gasteiger partial charge in [-0.1, -0.05) is 0 Å². The highest BCUT2D eigenvalue weighted by molar-refractivity contribution is 5.92. The van der Waals surface area contributed by atoms with Gasteiger partial charge in [0.1, 0.15) is 11.6 Å². The maximum atomic E-state index is 11.7. The molecule has 0 aliphatic carbocycles. The molecule has 1 rings (SSSR count). The van der Waals surface area contributed by atoms with E-state index in [1.807, 2.05) is 0 Å². The normalized spacial score (nSPS) is 13.2. The molecule has 94 valence electrons. The maximum absolute atomic E-state index is 11.7. The van der Waals surface area contributed by atoms with Gasteiger partial charge in [0, 0.05) is 6.20 Å². The van der Waals surface area contributed by atoms with Crippen LogP contribution in [0.15, 0.2) is 12.4 Å². The van der Waals surface area contributed by atoms with Crippen molar-refractivity contribution in [1.82, 2.24) is 9.78 Å². The molecule has 0 saturated heterocycles. The first kappa shape index (κ1) is 13.2. The van der Waals surface area contributed by atoms with Crippen molar-refractivity contribution in [3.8, 4) is 0 Å². The van der Waals surface area contributed by atoms with Crippen molar-refractivity contribution in [3.63, 3.8) is 0 Å². The first-order chi connectivity index (χ1) is 7.70. The number of hydrogen-bond acceptors (Lipinski definition) is 4. The number of esters is 1. The summed E-state index contributed by atoms with van der Waals surface area (Å²) in [6.45, 7) is 7.01. The first-order valence-corrected chi connectivity index (χ1v) is 5.27. The van der Waals surface area contributed by atoms with Crippen molar-refractivity contribution < 1.29 is 14.3 Å². The van der Waals surface area contributed by atoms with E-state index in [1.54, 1.807) is 27.7 Å². The second-order valence-electron chi connectivity index (χ2n) is 4.78. The van der Waals surface area contributed by atoms with Crippen LogP contribution in [0.5, 0.6) is 0 Å². The molecular formula is C11H17N3O3. The van der Waals surface area contributed by atoms with Gasteiger partial charge >= 0.3 is 5.97 Å². The second kappa shape index (κ2) is 4.57. The Kier molecular flexibility index (Phi) is 3.55. The number of ether oxygens (including phenoxy) is 1. The van der Waals surface area contributed by atoms with Crippen LogP contribution in [0.4, 0.5) is 0 Å². The SMILES string of the molecule is CC(C(=O)OC(C)(C)C)n1cc(C(N)=O)cn1. The van der Waals surface area contributed by atoms with Crippen LogP contribution in [-0.2, 0) is 9.53 Å². The van der Waals surface area contributed by atoms with Crippen molar-refractivity contribution >= 4 is 11.9 Å². The first-order valence-electron chi connectivity index (χ1n) is 5.27. The van der Waals surface area contributed by atoms with Crippen molar-refractivity contribution in [2.24, 2.45) is 5.73 Å². The zero-order chi connectivity index (χ0) is 13.2. The molecule has 1 amide bonds. The summed E-state index contributed by atoms with van der Waals surface area (Å²) in [5.74, 6) is -0.982. The molecule has 0 saturated carbocycles. The third kappa shape index (κ3) is 3.58. The number of amides is 1. The van der Waals surface area contributed by atoms with Crippen LogP contribution in [0.2, 0.25) is 0 Å². The Hall–Kier alpha value is -1.85. The van der Waals surface area contributed by atoms with Crippen molar-refractivity contribution in [2.45, 2.75) is 39.3 Å². The number of carbonyl (C=O) groups is 2. The number of primary amides is 1. The quantitative estimate of drug-likeness (QED) is 0.793. The fourth-order valence-corrected chi connectivity index (χ4v) is 1.17. The van der Waals surface area contributed by atoms with Gasteiger partial charge in [0.25, 0.3) is 5.91 Å². The molecule has 2 N–H and O–H groups in total. The summed E-state index contributed by atoms with van der Waals surface area (Å²) in [5.41, 5.74) is 4.81. The molecule has 0 aliphatic rings. The molecule has 0 aliphatic heterocycles. The van der Waals surface area contributed by atoms with Crippen LogP contribution in [0.25, 0.3) is 0 Å². The lowest BCUT2D eigenvalue weighted by Gasteiger charge is -2.22. The summed E-state index contributed by atoms with van der Waals surface area (Å²) in [4.78, 5) is 22.6. The Labute approximate surface area is 99.7 Å².